The van der Waals surface area contributed by atoms with Gasteiger partial charge in [-0.15, -0.1) is 0 Å². The number of aryl methyl sites for hydroxylation is 1. The van der Waals surface area contributed by atoms with Gasteiger partial charge in [-0.2, -0.15) is 13.2 Å². The van der Waals surface area contributed by atoms with Gasteiger partial charge in [0.2, 0.25) is 0 Å². The SMILES string of the molecule is COc1ccc(CN(CCCn2ccnc2)C(=S)Nc2cc(C(F)(F)F)ccc2Cl)c(OC)c1. The minimum atomic E-state index is -4.50. The molecule has 0 radical (unpaired) electrons. The van der Waals surface area contributed by atoms with Crippen molar-refractivity contribution in [3.05, 3.63) is 71.3 Å². The Morgan fingerprint density at radius 2 is 1.97 bits per heavy atom. The highest BCUT2D eigenvalue weighted by Crippen LogP contribution is 2.34. The van der Waals surface area contributed by atoms with E-state index in [0.29, 0.717) is 37.6 Å². The van der Waals surface area contributed by atoms with Crippen LogP contribution in [-0.2, 0) is 19.3 Å². The van der Waals surface area contributed by atoms with Crippen LogP contribution >= 0.6 is 23.8 Å². The summed E-state index contributed by atoms with van der Waals surface area (Å²) >= 11 is 11.7. The molecule has 1 heterocycles. The van der Waals surface area contributed by atoms with E-state index in [-0.39, 0.29) is 15.8 Å². The van der Waals surface area contributed by atoms with Gasteiger partial charge in [-0.3, -0.25) is 0 Å². The van der Waals surface area contributed by atoms with Crippen LogP contribution in [0.15, 0.2) is 55.1 Å². The van der Waals surface area contributed by atoms with Gasteiger partial charge in [-0.25, -0.2) is 4.98 Å². The normalized spacial score (nSPS) is 11.2. The van der Waals surface area contributed by atoms with Crippen LogP contribution in [0.4, 0.5) is 18.9 Å². The summed E-state index contributed by atoms with van der Waals surface area (Å²) in [5.41, 5.74) is 0.110. The Bertz CT molecular complexity index is 1110. The van der Waals surface area contributed by atoms with Crippen LogP contribution in [0.25, 0.3) is 0 Å². The van der Waals surface area contributed by atoms with Crippen LogP contribution in [0.3, 0.4) is 0 Å². The average Bonchev–Trinajstić information content (AvgIpc) is 3.32. The van der Waals surface area contributed by atoms with Gasteiger partial charge in [-0.05, 0) is 49.0 Å². The minimum Gasteiger partial charge on any atom is -0.497 e. The van der Waals surface area contributed by atoms with E-state index in [1.165, 1.54) is 6.07 Å². The fourth-order valence-corrected chi connectivity index (χ4v) is 3.73. The number of benzene rings is 2. The molecule has 0 amide bonds. The van der Waals surface area contributed by atoms with Gasteiger partial charge in [-0.1, -0.05) is 11.6 Å². The van der Waals surface area contributed by atoms with E-state index >= 15 is 0 Å². The molecule has 3 aromatic rings. The van der Waals surface area contributed by atoms with Gasteiger partial charge in [0, 0.05) is 43.7 Å². The number of methoxy groups -OCH3 is 2. The zero-order valence-corrected chi connectivity index (χ0v) is 20.2. The highest BCUT2D eigenvalue weighted by molar-refractivity contribution is 7.80. The maximum Gasteiger partial charge on any atom is 0.416 e. The molecule has 6 nitrogen and oxygen atoms in total. The molecule has 0 bridgehead atoms. The fourth-order valence-electron chi connectivity index (χ4n) is 3.30. The van der Waals surface area contributed by atoms with Crippen LogP contribution in [0, 0.1) is 0 Å². The van der Waals surface area contributed by atoms with Gasteiger partial charge in [0.05, 0.1) is 36.8 Å². The maximum absolute atomic E-state index is 13.2. The number of halogens is 4. The number of hydrogen-bond donors (Lipinski definition) is 1. The van der Waals surface area contributed by atoms with Crippen LogP contribution in [-0.4, -0.2) is 40.3 Å². The summed E-state index contributed by atoms with van der Waals surface area (Å²) < 4.78 is 52.2. The van der Waals surface area contributed by atoms with Crippen molar-refractivity contribution in [1.82, 2.24) is 14.5 Å². The summed E-state index contributed by atoms with van der Waals surface area (Å²) in [7, 11) is 3.12. The average molecular weight is 513 g/mol. The molecule has 11 heteroatoms. The van der Waals surface area contributed by atoms with Gasteiger partial charge in [0.15, 0.2) is 5.11 Å². The topological polar surface area (TPSA) is 51.5 Å². The van der Waals surface area contributed by atoms with Gasteiger partial charge < -0.3 is 24.3 Å². The van der Waals surface area contributed by atoms with Gasteiger partial charge in [0.25, 0.3) is 0 Å². The number of nitrogens with zero attached hydrogens (tertiary/aromatic N) is 3. The second-order valence-corrected chi connectivity index (χ2v) is 8.17. The first-order valence-corrected chi connectivity index (χ1v) is 11.1. The molecule has 1 aromatic heterocycles. The van der Waals surface area contributed by atoms with Gasteiger partial charge in [0.1, 0.15) is 11.5 Å². The molecular formula is C23H24ClF3N4O2S. The first-order chi connectivity index (χ1) is 16.2. The van der Waals surface area contributed by atoms with Crippen molar-refractivity contribution in [1.29, 1.82) is 0 Å². The molecule has 0 saturated carbocycles. The first kappa shape index (κ1) is 25.6. The van der Waals surface area contributed by atoms with E-state index in [1.54, 1.807) is 32.8 Å². The lowest BCUT2D eigenvalue weighted by Crippen LogP contribution is -2.35. The van der Waals surface area contributed by atoms with Crippen LogP contribution in [0.5, 0.6) is 11.5 Å². The summed E-state index contributed by atoms with van der Waals surface area (Å²) in [4.78, 5) is 5.89. The van der Waals surface area contributed by atoms with Crippen molar-refractivity contribution < 1.29 is 22.6 Å². The fraction of sp³-hybridized carbons (Fsp3) is 0.304. The van der Waals surface area contributed by atoms with Crippen molar-refractivity contribution in [2.75, 3.05) is 26.1 Å². The lowest BCUT2D eigenvalue weighted by molar-refractivity contribution is -0.137. The first-order valence-electron chi connectivity index (χ1n) is 10.3. The van der Waals surface area contributed by atoms with E-state index < -0.39 is 11.7 Å². The number of rotatable bonds is 9. The third-order valence-electron chi connectivity index (χ3n) is 5.08. The summed E-state index contributed by atoms with van der Waals surface area (Å²) in [6.07, 6.45) is 1.49. The molecule has 2 aromatic carbocycles. The zero-order chi connectivity index (χ0) is 24.7. The third kappa shape index (κ3) is 6.77. The summed E-state index contributed by atoms with van der Waals surface area (Å²) in [5, 5.41) is 3.26. The van der Waals surface area contributed by atoms with E-state index in [1.807, 2.05) is 27.8 Å². The predicted molar refractivity (Wildman–Crippen MR) is 129 cm³/mol. The van der Waals surface area contributed by atoms with Gasteiger partial charge >= 0.3 is 6.18 Å². The molecule has 182 valence electrons. The lowest BCUT2D eigenvalue weighted by atomic mass is 10.1. The molecular weight excluding hydrogens is 489 g/mol. The Hall–Kier alpha value is -2.98. The number of hydrogen-bond acceptors (Lipinski definition) is 4. The Morgan fingerprint density at radius 1 is 1.18 bits per heavy atom. The molecule has 3 rings (SSSR count). The standard InChI is InChI=1S/C23H24ClF3N4O2S/c1-32-18-6-4-16(21(13-18)33-2)14-31(10-3-9-30-11-8-28-15-30)22(34)29-20-12-17(23(25,26)27)5-7-19(20)24/h4-8,11-13,15H,3,9-10,14H2,1-2H3,(H,29,34). The number of thiocarbonyl (C=S) groups is 1. The van der Waals surface area contributed by atoms with Crippen LogP contribution in [0.1, 0.15) is 17.5 Å². The summed E-state index contributed by atoms with van der Waals surface area (Å²) in [6, 6.07) is 8.51. The largest absolute Gasteiger partial charge is 0.497 e. The molecule has 0 spiro atoms. The number of alkyl halides is 3. The summed E-state index contributed by atoms with van der Waals surface area (Å²) in [6.45, 7) is 1.58. The van der Waals surface area contributed by atoms with Crippen LogP contribution in [0.2, 0.25) is 5.02 Å². The minimum absolute atomic E-state index is 0.0859. The summed E-state index contributed by atoms with van der Waals surface area (Å²) in [5.74, 6) is 1.25. The number of imidazole rings is 1. The second-order valence-electron chi connectivity index (χ2n) is 7.38. The second kappa shape index (κ2) is 11.4. The van der Waals surface area contributed by atoms with Crippen LogP contribution < -0.4 is 14.8 Å². The molecule has 0 saturated heterocycles. The number of nitrogens with one attached hydrogen (secondary N) is 1. The van der Waals surface area contributed by atoms with Crippen molar-refractivity contribution in [2.24, 2.45) is 0 Å². The molecule has 0 fully saturated rings. The zero-order valence-electron chi connectivity index (χ0n) is 18.6. The number of anilines is 1. The highest BCUT2D eigenvalue weighted by Gasteiger charge is 2.31. The molecule has 0 aliphatic carbocycles. The number of ether oxygens (including phenoxy) is 2. The molecule has 0 aliphatic rings. The third-order valence-corrected chi connectivity index (χ3v) is 5.77. The lowest BCUT2D eigenvalue weighted by Gasteiger charge is -2.27. The van der Waals surface area contributed by atoms with Crippen molar-refractivity contribution in [3.8, 4) is 11.5 Å². The van der Waals surface area contributed by atoms with E-state index in [0.717, 1.165) is 17.7 Å². The monoisotopic (exact) mass is 512 g/mol. The molecule has 0 unspecified atom stereocenters. The molecule has 1 N–H and O–H groups in total. The number of aromatic nitrogens is 2. The molecule has 34 heavy (non-hydrogen) atoms. The Morgan fingerprint density at radius 3 is 2.62 bits per heavy atom. The quantitative estimate of drug-likeness (QED) is 0.362. The van der Waals surface area contributed by atoms with E-state index in [2.05, 4.69) is 10.3 Å². The van der Waals surface area contributed by atoms with Crippen molar-refractivity contribution >= 4 is 34.6 Å². The Balaban J connectivity index is 1.82. The Kier molecular flexibility index (Phi) is 8.62. The Labute approximate surface area is 206 Å². The predicted octanol–water partition coefficient (Wildman–Crippen LogP) is 5.86. The van der Waals surface area contributed by atoms with Crippen molar-refractivity contribution in [3.63, 3.8) is 0 Å². The van der Waals surface area contributed by atoms with Crippen molar-refractivity contribution in [2.45, 2.75) is 25.7 Å². The van der Waals surface area contributed by atoms with E-state index in [9.17, 15) is 13.2 Å². The van der Waals surface area contributed by atoms with E-state index in [4.69, 9.17) is 33.3 Å². The maximum atomic E-state index is 13.2. The highest BCUT2D eigenvalue weighted by atomic mass is 35.5. The molecule has 0 aliphatic heterocycles. The smallest absolute Gasteiger partial charge is 0.416 e. The molecule has 0 atom stereocenters.